The van der Waals surface area contributed by atoms with Gasteiger partial charge in [0, 0.05) is 12.1 Å². The molecule has 0 spiro atoms. The second kappa shape index (κ2) is 6.96. The Bertz CT molecular complexity index is 702. The van der Waals surface area contributed by atoms with Crippen LogP contribution in [0.25, 0.3) is 0 Å². The molecule has 0 fully saturated rings. The highest BCUT2D eigenvalue weighted by Crippen LogP contribution is 2.19. The molecule has 0 aliphatic rings. The molecule has 0 aliphatic heterocycles. The predicted molar refractivity (Wildman–Crippen MR) is 88.2 cm³/mol. The van der Waals surface area contributed by atoms with E-state index in [0.717, 1.165) is 4.74 Å². The Hall–Kier alpha value is -2.82. The van der Waals surface area contributed by atoms with Crippen molar-refractivity contribution < 1.29 is 19.0 Å². The van der Waals surface area contributed by atoms with Gasteiger partial charge < -0.3 is 14.7 Å². The van der Waals surface area contributed by atoms with E-state index >= 15 is 0 Å². The van der Waals surface area contributed by atoms with E-state index in [4.69, 9.17) is 9.47 Å². The summed E-state index contributed by atoms with van der Waals surface area (Å²) in [5.41, 5.74) is 0.321. The van der Waals surface area contributed by atoms with E-state index < -0.39 is 11.8 Å². The maximum Gasteiger partial charge on any atom is 0.514 e. The van der Waals surface area contributed by atoms with Gasteiger partial charge in [-0.25, -0.2) is 4.79 Å². The van der Waals surface area contributed by atoms with Crippen molar-refractivity contribution in [1.82, 2.24) is 0 Å². The Morgan fingerprint density at radius 2 is 1.65 bits per heavy atom. The van der Waals surface area contributed by atoms with Crippen molar-refractivity contribution in [3.8, 4) is 5.75 Å². The second-order valence-electron chi connectivity index (χ2n) is 5.89. The average Bonchev–Trinajstić information content (AvgIpc) is 2.48. The smallest absolute Gasteiger partial charge is 0.514 e. The third-order valence-electron chi connectivity index (χ3n) is 2.77. The molecular formula is C18H19NO4. The van der Waals surface area contributed by atoms with Crippen LogP contribution in [0, 0.1) is 5.21 Å². The molecule has 0 heterocycles. The van der Waals surface area contributed by atoms with Crippen LogP contribution in [0.4, 0.5) is 10.5 Å². The van der Waals surface area contributed by atoms with Gasteiger partial charge in [0.2, 0.25) is 5.69 Å². The summed E-state index contributed by atoms with van der Waals surface area (Å²) in [5, 5.41) is 12.2. The Kier molecular flexibility index (Phi) is 5.01. The molecule has 0 atom stereocenters. The number of para-hydroxylation sites is 2. The van der Waals surface area contributed by atoms with E-state index in [1.54, 1.807) is 69.3 Å². The van der Waals surface area contributed by atoms with Gasteiger partial charge in [-0.2, -0.15) is 4.74 Å². The van der Waals surface area contributed by atoms with Gasteiger partial charge in [0.15, 0.2) is 6.21 Å². The minimum Gasteiger partial charge on any atom is -0.618 e. The van der Waals surface area contributed by atoms with Gasteiger partial charge in [-0.15, -0.1) is 0 Å². The van der Waals surface area contributed by atoms with Crippen LogP contribution in [-0.4, -0.2) is 22.7 Å². The van der Waals surface area contributed by atoms with Crippen molar-refractivity contribution >= 4 is 18.1 Å². The summed E-state index contributed by atoms with van der Waals surface area (Å²) < 4.78 is 11.0. The fourth-order valence-corrected chi connectivity index (χ4v) is 1.82. The van der Waals surface area contributed by atoms with Gasteiger partial charge in [-0.3, -0.25) is 0 Å². The molecule has 23 heavy (non-hydrogen) atoms. The Morgan fingerprint density at radius 1 is 1.04 bits per heavy atom. The average molecular weight is 313 g/mol. The minimum absolute atomic E-state index is 0.263. The molecule has 0 N–H and O–H groups in total. The zero-order valence-corrected chi connectivity index (χ0v) is 13.4. The van der Waals surface area contributed by atoms with E-state index in [1.165, 1.54) is 6.21 Å². The van der Waals surface area contributed by atoms with Crippen molar-refractivity contribution in [2.75, 3.05) is 0 Å². The molecule has 0 saturated carbocycles. The SMILES string of the molecule is CC(C)(C)OC(=O)Oc1ccccc1C=[N+]([O-])c1ccccc1. The number of benzene rings is 2. The molecule has 2 rings (SSSR count). The molecule has 0 bridgehead atoms. The number of nitrogens with zero attached hydrogens (tertiary/aromatic N) is 1. The maximum absolute atomic E-state index is 12.2. The summed E-state index contributed by atoms with van der Waals surface area (Å²) in [4.78, 5) is 11.8. The number of carbonyl (C=O) groups is 1. The summed E-state index contributed by atoms with van der Waals surface area (Å²) in [7, 11) is 0. The lowest BCUT2D eigenvalue weighted by Crippen LogP contribution is -2.26. The second-order valence-corrected chi connectivity index (χ2v) is 5.89. The lowest BCUT2D eigenvalue weighted by molar-refractivity contribution is -0.354. The summed E-state index contributed by atoms with van der Waals surface area (Å²) in [6, 6.07) is 15.5. The normalized spacial score (nSPS) is 11.9. The van der Waals surface area contributed by atoms with E-state index in [-0.39, 0.29) is 5.75 Å². The summed E-state index contributed by atoms with van der Waals surface area (Å²) in [6.07, 6.45) is 0.546. The Morgan fingerprint density at radius 3 is 2.30 bits per heavy atom. The number of hydrogen-bond donors (Lipinski definition) is 0. The van der Waals surface area contributed by atoms with Crippen LogP contribution in [0.3, 0.4) is 0 Å². The van der Waals surface area contributed by atoms with Crippen LogP contribution < -0.4 is 4.74 Å². The molecule has 120 valence electrons. The van der Waals surface area contributed by atoms with Gasteiger partial charge in [-0.05, 0) is 32.9 Å². The van der Waals surface area contributed by atoms with Gasteiger partial charge in [-0.1, -0.05) is 30.3 Å². The number of ether oxygens (including phenoxy) is 2. The molecular weight excluding hydrogens is 294 g/mol. The van der Waals surface area contributed by atoms with Gasteiger partial charge in [0.25, 0.3) is 0 Å². The zero-order valence-electron chi connectivity index (χ0n) is 13.4. The number of carbonyl (C=O) groups excluding carboxylic acids is 1. The van der Waals surface area contributed by atoms with Crippen LogP contribution in [-0.2, 0) is 4.74 Å². The monoisotopic (exact) mass is 313 g/mol. The van der Waals surface area contributed by atoms with Crippen molar-refractivity contribution in [3.05, 3.63) is 65.4 Å². The first kappa shape index (κ1) is 16.5. The largest absolute Gasteiger partial charge is 0.618 e. The zero-order chi connectivity index (χ0) is 16.9. The highest BCUT2D eigenvalue weighted by atomic mass is 16.7. The molecule has 0 aliphatic carbocycles. The van der Waals surface area contributed by atoms with E-state index in [2.05, 4.69) is 0 Å². The molecule has 0 radical (unpaired) electrons. The Labute approximate surface area is 135 Å². The standard InChI is InChI=1S/C18H19NO4/c1-18(2,3)23-17(20)22-16-12-8-7-9-14(16)13-19(21)15-10-5-4-6-11-15/h4-13H,1-3H3. The van der Waals surface area contributed by atoms with E-state index in [0.29, 0.717) is 11.3 Å². The van der Waals surface area contributed by atoms with Crippen molar-refractivity contribution in [1.29, 1.82) is 0 Å². The van der Waals surface area contributed by atoms with E-state index in [1.807, 2.05) is 6.07 Å². The first-order chi connectivity index (χ1) is 10.8. The molecule has 5 nitrogen and oxygen atoms in total. The first-order valence-corrected chi connectivity index (χ1v) is 7.21. The molecule has 5 heteroatoms. The number of rotatable bonds is 3. The summed E-state index contributed by atoms with van der Waals surface area (Å²) in [6.45, 7) is 5.25. The first-order valence-electron chi connectivity index (χ1n) is 7.21. The number of hydrogen-bond acceptors (Lipinski definition) is 4. The van der Waals surface area contributed by atoms with Crippen LogP contribution in [0.15, 0.2) is 54.6 Å². The van der Waals surface area contributed by atoms with Gasteiger partial charge >= 0.3 is 6.16 Å². The van der Waals surface area contributed by atoms with Crippen LogP contribution in [0.1, 0.15) is 26.3 Å². The van der Waals surface area contributed by atoms with Crippen molar-refractivity contribution in [3.63, 3.8) is 0 Å². The van der Waals surface area contributed by atoms with Gasteiger partial charge in [0.05, 0.1) is 5.56 Å². The van der Waals surface area contributed by atoms with Crippen LogP contribution in [0.5, 0.6) is 5.75 Å². The third-order valence-corrected chi connectivity index (χ3v) is 2.77. The minimum atomic E-state index is -0.810. The predicted octanol–water partition coefficient (Wildman–Crippen LogP) is 4.26. The molecule has 0 unspecified atom stereocenters. The molecule has 0 amide bonds. The third kappa shape index (κ3) is 5.14. The highest BCUT2D eigenvalue weighted by Gasteiger charge is 2.19. The van der Waals surface area contributed by atoms with Crippen molar-refractivity contribution in [2.45, 2.75) is 26.4 Å². The van der Waals surface area contributed by atoms with Crippen LogP contribution in [0.2, 0.25) is 0 Å². The summed E-state index contributed by atoms with van der Waals surface area (Å²) >= 11 is 0. The highest BCUT2D eigenvalue weighted by molar-refractivity contribution is 5.82. The fourth-order valence-electron chi connectivity index (χ4n) is 1.82. The molecule has 2 aromatic carbocycles. The van der Waals surface area contributed by atoms with Crippen molar-refractivity contribution in [2.24, 2.45) is 0 Å². The van der Waals surface area contributed by atoms with E-state index in [9.17, 15) is 10.0 Å². The lowest BCUT2D eigenvalue weighted by atomic mass is 10.2. The quantitative estimate of drug-likeness (QED) is 0.212. The van der Waals surface area contributed by atoms with Crippen LogP contribution >= 0.6 is 0 Å². The lowest BCUT2D eigenvalue weighted by Gasteiger charge is -2.18. The molecule has 0 aromatic heterocycles. The maximum atomic E-state index is 12.2. The topological polar surface area (TPSA) is 61.6 Å². The molecule has 2 aromatic rings. The summed E-state index contributed by atoms with van der Waals surface area (Å²) in [5.74, 6) is 0.263. The fraction of sp³-hybridized carbons (Fsp3) is 0.222. The molecule has 0 saturated heterocycles. The van der Waals surface area contributed by atoms with Gasteiger partial charge in [0.1, 0.15) is 11.4 Å². The Balaban J connectivity index is 2.23.